The molecule has 1 aromatic carbocycles. The standard InChI is InChI=1S/C13H10BrFN8O2/c1-6-10(18-22-23(6)12-11(16)20-25-21-12)13(24)19-17-5-7-2-3-9(15)8(14)4-7/h2-5H,1H3,(H2,16,20)(H,19,24). The van der Waals surface area contributed by atoms with Gasteiger partial charge in [0.25, 0.3) is 5.91 Å². The highest BCUT2D eigenvalue weighted by Gasteiger charge is 2.20. The molecule has 0 saturated heterocycles. The van der Waals surface area contributed by atoms with Crippen molar-refractivity contribution in [2.24, 2.45) is 5.10 Å². The van der Waals surface area contributed by atoms with Crippen molar-refractivity contribution in [2.45, 2.75) is 6.92 Å². The summed E-state index contributed by atoms with van der Waals surface area (Å²) >= 11 is 3.07. The molecule has 3 aromatic rings. The number of nitrogens with one attached hydrogen (secondary N) is 1. The van der Waals surface area contributed by atoms with Gasteiger partial charge in [0.1, 0.15) is 5.82 Å². The molecular formula is C13H10BrFN8O2. The molecule has 2 aromatic heterocycles. The average molecular weight is 409 g/mol. The fourth-order valence-corrected chi connectivity index (χ4v) is 2.29. The summed E-state index contributed by atoms with van der Waals surface area (Å²) in [4.78, 5) is 12.1. The van der Waals surface area contributed by atoms with E-state index in [1.54, 1.807) is 6.92 Å². The number of nitrogens with two attached hydrogens (primary N) is 1. The highest BCUT2D eigenvalue weighted by molar-refractivity contribution is 9.10. The Balaban J connectivity index is 1.74. The number of anilines is 1. The number of carbonyl (C=O) groups is 1. The largest absolute Gasteiger partial charge is 0.378 e. The van der Waals surface area contributed by atoms with E-state index in [1.807, 2.05) is 0 Å². The summed E-state index contributed by atoms with van der Waals surface area (Å²) in [5, 5.41) is 18.4. The van der Waals surface area contributed by atoms with Crippen LogP contribution >= 0.6 is 15.9 Å². The predicted molar refractivity (Wildman–Crippen MR) is 87.5 cm³/mol. The second kappa shape index (κ2) is 6.76. The van der Waals surface area contributed by atoms with E-state index in [1.165, 1.54) is 29.1 Å². The number of amides is 1. The third-order valence-electron chi connectivity index (χ3n) is 3.13. The number of nitrogens with zero attached hydrogens (tertiary/aromatic N) is 6. The highest BCUT2D eigenvalue weighted by atomic mass is 79.9. The molecule has 0 aliphatic carbocycles. The van der Waals surface area contributed by atoms with E-state index in [2.05, 4.69) is 51.7 Å². The van der Waals surface area contributed by atoms with Gasteiger partial charge >= 0.3 is 0 Å². The number of hydrazone groups is 1. The van der Waals surface area contributed by atoms with Crippen molar-refractivity contribution >= 4 is 33.9 Å². The van der Waals surface area contributed by atoms with Gasteiger partial charge in [0.05, 0.1) is 16.4 Å². The number of hydrogen-bond donors (Lipinski definition) is 2. The first-order valence-electron chi connectivity index (χ1n) is 6.76. The van der Waals surface area contributed by atoms with Crippen molar-refractivity contribution in [3.8, 4) is 5.82 Å². The van der Waals surface area contributed by atoms with Crippen LogP contribution in [0.1, 0.15) is 21.7 Å². The van der Waals surface area contributed by atoms with Crippen LogP contribution in [0.2, 0.25) is 0 Å². The van der Waals surface area contributed by atoms with E-state index < -0.39 is 11.7 Å². The molecule has 3 N–H and O–H groups in total. The van der Waals surface area contributed by atoms with Crippen LogP contribution in [0.4, 0.5) is 10.2 Å². The predicted octanol–water partition coefficient (Wildman–Crippen LogP) is 1.21. The maximum absolute atomic E-state index is 13.2. The fourth-order valence-electron chi connectivity index (χ4n) is 1.89. The number of hydrogen-bond acceptors (Lipinski definition) is 8. The van der Waals surface area contributed by atoms with Gasteiger partial charge in [-0.05, 0) is 50.9 Å². The summed E-state index contributed by atoms with van der Waals surface area (Å²) in [5.74, 6) is -0.838. The molecule has 3 rings (SSSR count). The number of rotatable bonds is 4. The Bertz CT molecular complexity index is 967. The molecule has 0 radical (unpaired) electrons. The lowest BCUT2D eigenvalue weighted by Crippen LogP contribution is -2.19. The van der Waals surface area contributed by atoms with Crippen LogP contribution in [-0.4, -0.2) is 37.4 Å². The first-order chi connectivity index (χ1) is 12.0. The molecule has 0 unspecified atom stereocenters. The monoisotopic (exact) mass is 408 g/mol. The molecular weight excluding hydrogens is 399 g/mol. The van der Waals surface area contributed by atoms with Gasteiger partial charge < -0.3 is 5.73 Å². The van der Waals surface area contributed by atoms with Crippen LogP contribution in [0.3, 0.4) is 0 Å². The maximum atomic E-state index is 13.2. The van der Waals surface area contributed by atoms with E-state index >= 15 is 0 Å². The summed E-state index contributed by atoms with van der Waals surface area (Å²) in [6, 6.07) is 4.31. The van der Waals surface area contributed by atoms with Gasteiger partial charge in [-0.3, -0.25) is 4.79 Å². The molecule has 12 heteroatoms. The first-order valence-corrected chi connectivity index (χ1v) is 7.56. The van der Waals surface area contributed by atoms with Crippen molar-refractivity contribution in [1.29, 1.82) is 0 Å². The van der Waals surface area contributed by atoms with Crippen molar-refractivity contribution in [1.82, 2.24) is 30.7 Å². The Morgan fingerprint density at radius 3 is 2.96 bits per heavy atom. The van der Waals surface area contributed by atoms with Crippen LogP contribution < -0.4 is 11.2 Å². The summed E-state index contributed by atoms with van der Waals surface area (Å²) in [7, 11) is 0. The summed E-state index contributed by atoms with van der Waals surface area (Å²) in [6.45, 7) is 1.60. The first kappa shape index (κ1) is 16.7. The number of nitrogen functional groups attached to an aromatic ring is 1. The SMILES string of the molecule is Cc1c(C(=O)NN=Cc2ccc(F)c(Br)c2)nnn1-c1nonc1N. The smallest absolute Gasteiger partial charge is 0.293 e. The Morgan fingerprint density at radius 1 is 1.48 bits per heavy atom. The van der Waals surface area contributed by atoms with E-state index in [0.717, 1.165) is 0 Å². The van der Waals surface area contributed by atoms with Crippen molar-refractivity contribution in [3.63, 3.8) is 0 Å². The Hall–Kier alpha value is -3.15. The lowest BCUT2D eigenvalue weighted by atomic mass is 10.2. The minimum Gasteiger partial charge on any atom is -0.378 e. The molecule has 0 bridgehead atoms. The van der Waals surface area contributed by atoms with E-state index in [0.29, 0.717) is 15.7 Å². The van der Waals surface area contributed by atoms with Crippen LogP contribution in [0.5, 0.6) is 0 Å². The van der Waals surface area contributed by atoms with Gasteiger partial charge in [-0.1, -0.05) is 11.3 Å². The molecule has 25 heavy (non-hydrogen) atoms. The van der Waals surface area contributed by atoms with Crippen LogP contribution in [0, 0.1) is 12.7 Å². The molecule has 128 valence electrons. The van der Waals surface area contributed by atoms with E-state index in [9.17, 15) is 9.18 Å². The zero-order valence-electron chi connectivity index (χ0n) is 12.6. The van der Waals surface area contributed by atoms with Gasteiger partial charge in [-0.15, -0.1) is 5.10 Å². The van der Waals surface area contributed by atoms with Gasteiger partial charge in [-0.25, -0.2) is 14.4 Å². The van der Waals surface area contributed by atoms with Gasteiger partial charge in [0.2, 0.25) is 11.6 Å². The molecule has 10 nitrogen and oxygen atoms in total. The fraction of sp³-hybridized carbons (Fsp3) is 0.0769. The van der Waals surface area contributed by atoms with E-state index in [4.69, 9.17) is 5.73 Å². The maximum Gasteiger partial charge on any atom is 0.293 e. The highest BCUT2D eigenvalue weighted by Crippen LogP contribution is 2.16. The summed E-state index contributed by atoms with van der Waals surface area (Å²) < 4.78 is 19.2. The quantitative estimate of drug-likeness (QED) is 0.488. The lowest BCUT2D eigenvalue weighted by molar-refractivity contribution is 0.0949. The molecule has 0 fully saturated rings. The minimum absolute atomic E-state index is 0.0138. The lowest BCUT2D eigenvalue weighted by Gasteiger charge is -1.99. The van der Waals surface area contributed by atoms with Gasteiger partial charge in [-0.2, -0.15) is 9.78 Å². The van der Waals surface area contributed by atoms with E-state index in [-0.39, 0.29) is 17.3 Å². The molecule has 1 amide bonds. The van der Waals surface area contributed by atoms with Crippen LogP contribution in [0.25, 0.3) is 5.82 Å². The number of halogens is 2. The molecule has 0 aliphatic rings. The Morgan fingerprint density at radius 2 is 2.28 bits per heavy atom. The Kier molecular flexibility index (Phi) is 4.52. The molecule has 0 spiro atoms. The molecule has 0 atom stereocenters. The topological polar surface area (TPSA) is 137 Å². The second-order valence-corrected chi connectivity index (χ2v) is 5.64. The normalized spacial score (nSPS) is 11.2. The average Bonchev–Trinajstić information content (AvgIpc) is 3.16. The second-order valence-electron chi connectivity index (χ2n) is 4.78. The molecule has 2 heterocycles. The van der Waals surface area contributed by atoms with Crippen LogP contribution in [0.15, 0.2) is 32.4 Å². The third-order valence-corrected chi connectivity index (χ3v) is 3.74. The summed E-state index contributed by atoms with van der Waals surface area (Å²) in [6.07, 6.45) is 1.36. The van der Waals surface area contributed by atoms with Gasteiger partial charge in [0, 0.05) is 0 Å². The molecule has 0 saturated carbocycles. The minimum atomic E-state index is -0.587. The third kappa shape index (κ3) is 3.38. The zero-order valence-corrected chi connectivity index (χ0v) is 14.2. The molecule has 0 aliphatic heterocycles. The van der Waals surface area contributed by atoms with Crippen LogP contribution in [-0.2, 0) is 0 Å². The number of aromatic nitrogens is 5. The number of carbonyl (C=O) groups excluding carboxylic acids is 1. The van der Waals surface area contributed by atoms with Crippen molar-refractivity contribution < 1.29 is 13.8 Å². The van der Waals surface area contributed by atoms with Crippen molar-refractivity contribution in [2.75, 3.05) is 5.73 Å². The Labute approximate surface area is 148 Å². The van der Waals surface area contributed by atoms with Crippen molar-refractivity contribution in [3.05, 3.63) is 45.4 Å². The zero-order chi connectivity index (χ0) is 18.0. The number of benzene rings is 1. The van der Waals surface area contributed by atoms with Gasteiger partial charge in [0.15, 0.2) is 5.69 Å². The summed E-state index contributed by atoms with van der Waals surface area (Å²) in [5.41, 5.74) is 8.89.